The number of hydrogen-bond donors (Lipinski definition) is 0. The second-order valence-corrected chi connectivity index (χ2v) is 5.30. The molecule has 0 aliphatic heterocycles. The average molecular weight is 288 g/mol. The summed E-state index contributed by atoms with van der Waals surface area (Å²) in [5.41, 5.74) is 0. The third-order valence-corrected chi connectivity index (χ3v) is 3.16. The second kappa shape index (κ2) is 13.8. The molecular formula is C13H25AlO5. The Labute approximate surface area is 122 Å². The zero-order valence-corrected chi connectivity index (χ0v) is 14.0. The minimum Gasteiger partial charge on any atom is -0.479 e. The van der Waals surface area contributed by atoms with E-state index in [0.717, 1.165) is 0 Å². The van der Waals surface area contributed by atoms with E-state index in [0.29, 0.717) is 12.2 Å². The van der Waals surface area contributed by atoms with Crippen molar-refractivity contribution >= 4 is 27.6 Å². The highest BCUT2D eigenvalue weighted by Crippen LogP contribution is 1.89. The highest BCUT2D eigenvalue weighted by molar-refractivity contribution is 6.18. The van der Waals surface area contributed by atoms with Gasteiger partial charge in [-0.15, -0.1) is 0 Å². The van der Waals surface area contributed by atoms with Crippen LogP contribution in [0.5, 0.6) is 0 Å². The summed E-state index contributed by atoms with van der Waals surface area (Å²) in [6.07, 6.45) is 1.97. The first-order chi connectivity index (χ1) is 8.79. The number of esters is 1. The maximum atomic E-state index is 10.5. The molecule has 0 amide bonds. The molecule has 0 atom stereocenters. The first-order valence-electron chi connectivity index (χ1n) is 6.28. The molecule has 0 unspecified atom stereocenters. The molecule has 0 saturated heterocycles. The summed E-state index contributed by atoms with van der Waals surface area (Å²) in [5.74, 6) is -0.679. The van der Waals surface area contributed by atoms with Crippen molar-refractivity contribution in [1.29, 1.82) is 0 Å². The van der Waals surface area contributed by atoms with Gasteiger partial charge in [0.15, 0.2) is 0 Å². The maximum Gasteiger partial charge on any atom is 0.650 e. The Morgan fingerprint density at radius 2 is 1.63 bits per heavy atom. The number of carbonyl (C=O) groups is 2. The zero-order valence-electron chi connectivity index (χ0n) is 12.6. The molecule has 0 radical (unpaired) electrons. The van der Waals surface area contributed by atoms with E-state index in [2.05, 4.69) is 11.3 Å². The van der Waals surface area contributed by atoms with Gasteiger partial charge in [-0.3, -0.25) is 9.59 Å². The van der Waals surface area contributed by atoms with Gasteiger partial charge in [0, 0.05) is 12.2 Å². The molecule has 0 spiro atoms. The van der Waals surface area contributed by atoms with Crippen molar-refractivity contribution in [2.45, 2.75) is 53.2 Å². The fourth-order valence-corrected chi connectivity index (χ4v) is 1.34. The summed E-state index contributed by atoms with van der Waals surface area (Å²) in [7, 11) is 0. The lowest BCUT2D eigenvalue weighted by Gasteiger charge is -2.09. The topological polar surface area (TPSA) is 61.8 Å². The van der Waals surface area contributed by atoms with Crippen LogP contribution in [0.4, 0.5) is 0 Å². The van der Waals surface area contributed by atoms with Crippen molar-refractivity contribution in [3.63, 3.8) is 0 Å². The van der Waals surface area contributed by atoms with Gasteiger partial charge in [-0.25, -0.2) is 0 Å². The van der Waals surface area contributed by atoms with E-state index in [4.69, 9.17) is 7.58 Å². The molecule has 0 aliphatic rings. The molecule has 0 N–H and O–H groups in total. The smallest absolute Gasteiger partial charge is 0.479 e. The number of ether oxygens (including phenoxy) is 1. The maximum absolute atomic E-state index is 10.5. The molecule has 0 heterocycles. The number of hydrogen-bond acceptors (Lipinski definition) is 5. The molecule has 0 fully saturated rings. The molecule has 0 rings (SSSR count). The highest BCUT2D eigenvalue weighted by atomic mass is 27.2. The number of Topliss-reactive ketones (excluding diaryl/α,β-unsaturated/α-hetero) is 1. The van der Waals surface area contributed by atoms with Crippen LogP contribution >= 0.6 is 0 Å². The fraction of sp³-hybridized carbons (Fsp3) is 0.692. The van der Waals surface area contributed by atoms with Crippen molar-refractivity contribution < 1.29 is 21.9 Å². The molecule has 6 heteroatoms. The normalized spacial score (nSPS) is 9.63. The first kappa shape index (κ1) is 20.6. The van der Waals surface area contributed by atoms with Crippen molar-refractivity contribution in [3.8, 4) is 0 Å². The molecule has 0 aliphatic carbocycles. The monoisotopic (exact) mass is 288 g/mol. The van der Waals surface area contributed by atoms with Gasteiger partial charge in [-0.2, -0.15) is 0 Å². The van der Waals surface area contributed by atoms with Crippen LogP contribution in [0.15, 0.2) is 12.7 Å². The van der Waals surface area contributed by atoms with E-state index in [-0.39, 0.29) is 18.8 Å². The van der Waals surface area contributed by atoms with E-state index < -0.39 is 21.9 Å². The number of ketones is 1. The van der Waals surface area contributed by atoms with Crippen LogP contribution in [-0.4, -0.2) is 46.5 Å². The molecule has 0 aromatic heterocycles. The number of carbonyl (C=O) groups excluding carboxylic acids is 2. The summed E-state index contributed by atoms with van der Waals surface area (Å²) < 4.78 is 15.1. The second-order valence-electron chi connectivity index (χ2n) is 4.40. The Morgan fingerprint density at radius 1 is 1.16 bits per heavy atom. The molecule has 0 aromatic carbocycles. The van der Waals surface area contributed by atoms with Crippen LogP contribution in [0.25, 0.3) is 0 Å². The fourth-order valence-electron chi connectivity index (χ4n) is 0.718. The molecule has 5 nitrogen and oxygen atoms in total. The summed E-state index contributed by atoms with van der Waals surface area (Å²) in [5, 5.41) is 0. The van der Waals surface area contributed by atoms with E-state index in [1.165, 1.54) is 13.0 Å². The largest absolute Gasteiger partial charge is 0.650 e. The Hall–Kier alpha value is -0.668. The van der Waals surface area contributed by atoms with Gasteiger partial charge in [-0.05, 0) is 34.6 Å². The molecule has 0 aromatic rings. The van der Waals surface area contributed by atoms with Gasteiger partial charge in [0.1, 0.15) is 18.8 Å². The van der Waals surface area contributed by atoms with Crippen molar-refractivity contribution in [2.75, 3.05) is 6.61 Å². The van der Waals surface area contributed by atoms with Gasteiger partial charge in [0.25, 0.3) is 0 Å². The lowest BCUT2D eigenvalue weighted by Crippen LogP contribution is -2.14. The first-order valence-corrected chi connectivity index (χ1v) is 7.44. The predicted molar refractivity (Wildman–Crippen MR) is 76.0 cm³/mol. The van der Waals surface area contributed by atoms with E-state index in [1.807, 2.05) is 27.7 Å². The Kier molecular flexibility index (Phi) is 14.9. The van der Waals surface area contributed by atoms with E-state index in [9.17, 15) is 9.59 Å². The molecule has 19 heavy (non-hydrogen) atoms. The third-order valence-electron chi connectivity index (χ3n) is 1.56. The lowest BCUT2D eigenvalue weighted by molar-refractivity contribution is -0.144. The number of rotatable bonds is 8. The van der Waals surface area contributed by atoms with Crippen LogP contribution in [0.2, 0.25) is 0 Å². The van der Waals surface area contributed by atoms with Crippen LogP contribution in [-0.2, 0) is 21.9 Å². The lowest BCUT2D eigenvalue weighted by atomic mass is 10.3. The van der Waals surface area contributed by atoms with Crippen molar-refractivity contribution in [2.24, 2.45) is 0 Å². The van der Waals surface area contributed by atoms with Gasteiger partial charge >= 0.3 is 21.9 Å². The van der Waals surface area contributed by atoms with Gasteiger partial charge in [0.2, 0.25) is 0 Å². The average Bonchev–Trinajstić information content (AvgIpc) is 2.25. The summed E-state index contributed by atoms with van der Waals surface area (Å²) >= 11 is -0.684. The Balaban J connectivity index is 0. The summed E-state index contributed by atoms with van der Waals surface area (Å²) in [6, 6.07) is 0. The molecule has 0 saturated carbocycles. The quantitative estimate of drug-likeness (QED) is 0.295. The zero-order chi connectivity index (χ0) is 15.3. The van der Waals surface area contributed by atoms with E-state index >= 15 is 0 Å². The van der Waals surface area contributed by atoms with Crippen LogP contribution < -0.4 is 0 Å². The van der Waals surface area contributed by atoms with Crippen LogP contribution in [0, 0.1) is 0 Å². The minimum absolute atomic E-state index is 0.145. The third kappa shape index (κ3) is 22.9. The van der Waals surface area contributed by atoms with Crippen LogP contribution in [0.1, 0.15) is 41.0 Å². The summed E-state index contributed by atoms with van der Waals surface area (Å²) in [4.78, 5) is 20.8. The Morgan fingerprint density at radius 3 is 1.95 bits per heavy atom. The van der Waals surface area contributed by atoms with E-state index in [1.54, 1.807) is 0 Å². The van der Waals surface area contributed by atoms with Crippen molar-refractivity contribution in [3.05, 3.63) is 12.7 Å². The van der Waals surface area contributed by atoms with Gasteiger partial charge in [0.05, 0.1) is 0 Å². The minimum atomic E-state index is -0.684. The molecular weight excluding hydrogens is 263 g/mol. The highest BCUT2D eigenvalue weighted by Gasteiger charge is 2.03. The molecule has 0 bridgehead atoms. The SMILES string of the molecule is C=CCOC(=O)CC(C)=O.CC(C)[O][AlH][O]C(C)C. The van der Waals surface area contributed by atoms with Crippen LogP contribution in [0.3, 0.4) is 0 Å². The standard InChI is InChI=1S/C7H10O3.2C3H7O.Al.H/c1-3-4-10-7(9)5-6(2)8;2*1-3(2)4;;/h3H,1,4-5H2,2H3;2*3H,1-2H3;;/q;2*-1;+2;. The predicted octanol–water partition coefficient (Wildman–Crippen LogP) is 1.80. The van der Waals surface area contributed by atoms with Crippen molar-refractivity contribution in [1.82, 2.24) is 0 Å². The molecule has 110 valence electrons. The summed E-state index contributed by atoms with van der Waals surface area (Å²) in [6.45, 7) is 13.0. The Bertz CT molecular complexity index is 256. The van der Waals surface area contributed by atoms with Gasteiger partial charge < -0.3 is 12.3 Å². The van der Waals surface area contributed by atoms with Gasteiger partial charge in [-0.1, -0.05) is 12.7 Å².